The molecule has 3 nitrogen and oxygen atoms in total. The number of nitrogens with zero attached hydrogens (tertiary/aromatic N) is 1. The molecule has 0 saturated carbocycles. The van der Waals surface area contributed by atoms with Gasteiger partial charge in [-0.3, -0.25) is 0 Å². The Morgan fingerprint density at radius 3 is 2.80 bits per heavy atom. The van der Waals surface area contributed by atoms with Crippen molar-refractivity contribution < 1.29 is 4.74 Å². The number of hydrogen-bond acceptors (Lipinski definition) is 2. The van der Waals surface area contributed by atoms with Crippen LogP contribution in [0.15, 0.2) is 48.7 Å². The number of aromatic nitrogens is 1. The molecule has 2 aromatic carbocycles. The fraction of sp³-hybridized carbons (Fsp3) is 0.176. The van der Waals surface area contributed by atoms with Crippen LogP contribution < -0.4 is 10.5 Å². The molecule has 3 heteroatoms. The number of rotatable bonds is 3. The maximum absolute atomic E-state index is 6.10. The highest BCUT2D eigenvalue weighted by atomic mass is 16.5. The molecule has 0 amide bonds. The number of anilines is 1. The number of hydrogen-bond donors (Lipinski definition) is 1. The van der Waals surface area contributed by atoms with Gasteiger partial charge in [-0.1, -0.05) is 29.8 Å². The minimum Gasteiger partial charge on any atom is -0.496 e. The van der Waals surface area contributed by atoms with Crippen LogP contribution in [0.2, 0.25) is 0 Å². The molecular weight excluding hydrogens is 248 g/mol. The Labute approximate surface area is 118 Å². The Morgan fingerprint density at radius 2 is 2.00 bits per heavy atom. The first kappa shape index (κ1) is 12.6. The van der Waals surface area contributed by atoms with E-state index in [1.54, 1.807) is 7.11 Å². The molecule has 0 saturated heterocycles. The summed E-state index contributed by atoms with van der Waals surface area (Å²) in [6.45, 7) is 2.84. The van der Waals surface area contributed by atoms with Crippen molar-refractivity contribution in [3.8, 4) is 5.75 Å². The van der Waals surface area contributed by atoms with Crippen LogP contribution in [0.3, 0.4) is 0 Å². The number of methoxy groups -OCH3 is 1. The van der Waals surface area contributed by atoms with E-state index in [1.807, 2.05) is 18.2 Å². The summed E-state index contributed by atoms with van der Waals surface area (Å²) < 4.78 is 7.62. The molecule has 1 heterocycles. The van der Waals surface area contributed by atoms with E-state index in [-0.39, 0.29) is 0 Å². The molecule has 2 N–H and O–H groups in total. The maximum Gasteiger partial charge on any atom is 0.123 e. The summed E-state index contributed by atoms with van der Waals surface area (Å²) in [5.74, 6) is 0.909. The number of para-hydroxylation sites is 1. The predicted molar refractivity (Wildman–Crippen MR) is 83.2 cm³/mol. The third-order valence-electron chi connectivity index (χ3n) is 3.60. The third kappa shape index (κ3) is 2.11. The van der Waals surface area contributed by atoms with E-state index in [2.05, 4.69) is 42.0 Å². The summed E-state index contributed by atoms with van der Waals surface area (Å²) in [5.41, 5.74) is 10.4. The zero-order chi connectivity index (χ0) is 14.1. The van der Waals surface area contributed by atoms with Crippen molar-refractivity contribution in [2.45, 2.75) is 13.5 Å². The van der Waals surface area contributed by atoms with Crippen LogP contribution in [-0.2, 0) is 6.54 Å². The topological polar surface area (TPSA) is 40.2 Å². The lowest BCUT2D eigenvalue weighted by Gasteiger charge is -2.12. The van der Waals surface area contributed by atoms with Crippen LogP contribution in [-0.4, -0.2) is 11.7 Å². The highest BCUT2D eigenvalue weighted by Gasteiger charge is 2.08. The second kappa shape index (κ2) is 4.93. The highest BCUT2D eigenvalue weighted by molar-refractivity contribution is 5.90. The summed E-state index contributed by atoms with van der Waals surface area (Å²) in [6.07, 6.45) is 2.07. The Hall–Kier alpha value is -2.42. The summed E-state index contributed by atoms with van der Waals surface area (Å²) in [5, 5.41) is 1.16. The van der Waals surface area contributed by atoms with Crippen LogP contribution >= 0.6 is 0 Å². The van der Waals surface area contributed by atoms with Crippen molar-refractivity contribution in [2.75, 3.05) is 12.8 Å². The summed E-state index contributed by atoms with van der Waals surface area (Å²) in [6, 6.07) is 14.3. The molecule has 0 bridgehead atoms. The second-order valence-electron chi connectivity index (χ2n) is 5.04. The minimum atomic E-state index is 0.753. The maximum atomic E-state index is 6.10. The quantitative estimate of drug-likeness (QED) is 0.736. The largest absolute Gasteiger partial charge is 0.496 e. The van der Waals surface area contributed by atoms with Gasteiger partial charge in [0.25, 0.3) is 0 Å². The Balaban J connectivity index is 2.08. The first-order chi connectivity index (χ1) is 9.69. The first-order valence-electron chi connectivity index (χ1n) is 6.66. The normalized spacial score (nSPS) is 10.9. The van der Waals surface area contributed by atoms with Crippen LogP contribution in [0.4, 0.5) is 5.69 Å². The van der Waals surface area contributed by atoms with Crippen molar-refractivity contribution in [3.63, 3.8) is 0 Å². The van der Waals surface area contributed by atoms with Gasteiger partial charge in [0.2, 0.25) is 0 Å². The lowest BCUT2D eigenvalue weighted by Crippen LogP contribution is -2.02. The average Bonchev–Trinajstić information content (AvgIpc) is 2.84. The smallest absolute Gasteiger partial charge is 0.123 e. The molecule has 102 valence electrons. The fourth-order valence-corrected chi connectivity index (χ4v) is 2.64. The Morgan fingerprint density at radius 1 is 1.15 bits per heavy atom. The summed E-state index contributed by atoms with van der Waals surface area (Å²) in [7, 11) is 1.70. The van der Waals surface area contributed by atoms with E-state index in [9.17, 15) is 0 Å². The standard InChI is InChI=1S/C17H18N2O/c1-12-6-7-16(20-2)14(10-12)11-19-9-8-13-4-3-5-15(18)17(13)19/h3-10H,11,18H2,1-2H3. The van der Waals surface area contributed by atoms with Gasteiger partial charge >= 0.3 is 0 Å². The van der Waals surface area contributed by atoms with Crippen LogP contribution in [0.25, 0.3) is 10.9 Å². The molecule has 0 unspecified atom stereocenters. The van der Waals surface area contributed by atoms with Gasteiger partial charge in [0.1, 0.15) is 5.75 Å². The number of aryl methyl sites for hydroxylation is 1. The van der Waals surface area contributed by atoms with E-state index in [4.69, 9.17) is 10.5 Å². The summed E-state index contributed by atoms with van der Waals surface area (Å²) in [4.78, 5) is 0. The van der Waals surface area contributed by atoms with Gasteiger partial charge in [0.15, 0.2) is 0 Å². The van der Waals surface area contributed by atoms with Crippen LogP contribution in [0.5, 0.6) is 5.75 Å². The SMILES string of the molecule is COc1ccc(C)cc1Cn1ccc2cccc(N)c21. The van der Waals surface area contributed by atoms with Crippen molar-refractivity contribution in [3.05, 3.63) is 59.8 Å². The molecule has 0 radical (unpaired) electrons. The average molecular weight is 266 g/mol. The van der Waals surface area contributed by atoms with E-state index in [0.29, 0.717) is 0 Å². The van der Waals surface area contributed by atoms with E-state index >= 15 is 0 Å². The van der Waals surface area contributed by atoms with Crippen LogP contribution in [0, 0.1) is 6.92 Å². The molecule has 3 aromatic rings. The van der Waals surface area contributed by atoms with Crippen molar-refractivity contribution in [1.82, 2.24) is 4.57 Å². The van der Waals surface area contributed by atoms with Crippen LogP contribution in [0.1, 0.15) is 11.1 Å². The molecule has 0 aliphatic heterocycles. The van der Waals surface area contributed by atoms with Gasteiger partial charge < -0.3 is 15.0 Å². The van der Waals surface area contributed by atoms with Gasteiger partial charge in [-0.2, -0.15) is 0 Å². The molecule has 0 spiro atoms. The van der Waals surface area contributed by atoms with Crippen molar-refractivity contribution >= 4 is 16.6 Å². The predicted octanol–water partition coefficient (Wildman–Crippen LogP) is 3.59. The Bertz CT molecular complexity index is 759. The number of benzene rings is 2. The lowest BCUT2D eigenvalue weighted by atomic mass is 10.1. The van der Waals surface area contributed by atoms with Gasteiger partial charge in [-0.25, -0.2) is 0 Å². The van der Waals surface area contributed by atoms with Crippen molar-refractivity contribution in [1.29, 1.82) is 0 Å². The Kier molecular flexibility index (Phi) is 3.11. The highest BCUT2D eigenvalue weighted by Crippen LogP contribution is 2.26. The monoisotopic (exact) mass is 266 g/mol. The molecule has 3 rings (SSSR count). The van der Waals surface area contributed by atoms with Crippen molar-refractivity contribution in [2.24, 2.45) is 0 Å². The molecule has 0 aliphatic rings. The van der Waals surface area contributed by atoms with E-state index in [0.717, 1.165) is 34.4 Å². The van der Waals surface area contributed by atoms with Gasteiger partial charge in [-0.05, 0) is 25.1 Å². The molecular formula is C17H18N2O. The number of nitrogen functional groups attached to an aromatic ring is 1. The molecule has 20 heavy (non-hydrogen) atoms. The number of fused-ring (bicyclic) bond motifs is 1. The third-order valence-corrected chi connectivity index (χ3v) is 3.60. The van der Waals surface area contributed by atoms with E-state index in [1.165, 1.54) is 5.56 Å². The summed E-state index contributed by atoms with van der Waals surface area (Å²) >= 11 is 0. The van der Waals surface area contributed by atoms with Gasteiger partial charge in [0, 0.05) is 17.1 Å². The lowest BCUT2D eigenvalue weighted by molar-refractivity contribution is 0.408. The molecule has 1 aromatic heterocycles. The van der Waals surface area contributed by atoms with Gasteiger partial charge in [-0.15, -0.1) is 0 Å². The molecule has 0 aliphatic carbocycles. The molecule has 0 fully saturated rings. The van der Waals surface area contributed by atoms with E-state index < -0.39 is 0 Å². The van der Waals surface area contributed by atoms with Gasteiger partial charge in [0.05, 0.1) is 24.9 Å². The molecule has 0 atom stereocenters. The second-order valence-corrected chi connectivity index (χ2v) is 5.04. The number of ether oxygens (including phenoxy) is 1. The minimum absolute atomic E-state index is 0.753. The first-order valence-corrected chi connectivity index (χ1v) is 6.66. The zero-order valence-corrected chi connectivity index (χ0v) is 11.8. The fourth-order valence-electron chi connectivity index (χ4n) is 2.64. The zero-order valence-electron chi connectivity index (χ0n) is 11.8. The number of nitrogens with two attached hydrogens (primary N) is 1.